The molecule has 0 aliphatic carbocycles. The molecule has 0 aliphatic rings. The van der Waals surface area contributed by atoms with Crippen molar-refractivity contribution in [3.63, 3.8) is 0 Å². The molecule has 0 aromatic heterocycles. The van der Waals surface area contributed by atoms with E-state index < -0.39 is 23.4 Å². The normalized spacial score (nSPS) is 11.2. The number of benzene rings is 2. The van der Waals surface area contributed by atoms with Gasteiger partial charge in [-0.05, 0) is 90.1 Å². The number of ether oxygens (including phenoxy) is 2. The molecule has 11 nitrogen and oxygen atoms in total. The average molecular weight is 542 g/mol. The molecule has 0 aliphatic heterocycles. The summed E-state index contributed by atoms with van der Waals surface area (Å²) in [5.74, 6) is -0.475. The molecule has 0 unspecified atom stereocenters. The Balaban J connectivity index is 1.61. The minimum absolute atomic E-state index is 0.237. The van der Waals surface area contributed by atoms with Crippen molar-refractivity contribution < 1.29 is 28.7 Å². The molecule has 2 aromatic rings. The summed E-state index contributed by atoms with van der Waals surface area (Å²) >= 11 is 0. The molecule has 5 N–H and O–H groups in total. The quantitative estimate of drug-likeness (QED) is 0.284. The van der Waals surface area contributed by atoms with Crippen LogP contribution in [-0.4, -0.2) is 61.4 Å². The number of carbonyl (C=O) groups excluding carboxylic acids is 4. The van der Waals surface area contributed by atoms with Crippen molar-refractivity contribution in [2.45, 2.75) is 52.7 Å². The first-order chi connectivity index (χ1) is 18.2. The van der Waals surface area contributed by atoms with Crippen molar-refractivity contribution in [3.8, 4) is 0 Å². The molecule has 0 atom stereocenters. The van der Waals surface area contributed by atoms with Gasteiger partial charge in [0, 0.05) is 48.7 Å². The highest BCUT2D eigenvalue weighted by molar-refractivity contribution is 5.95. The number of hydrogen-bond donors (Lipinski definition) is 5. The third-order valence-corrected chi connectivity index (χ3v) is 4.76. The summed E-state index contributed by atoms with van der Waals surface area (Å²) in [7, 11) is 0. The number of carbonyl (C=O) groups is 4. The third-order valence-electron chi connectivity index (χ3n) is 4.76. The van der Waals surface area contributed by atoms with Gasteiger partial charge in [0.15, 0.2) is 0 Å². The predicted molar refractivity (Wildman–Crippen MR) is 150 cm³/mol. The smallest absolute Gasteiger partial charge is 0.412 e. The van der Waals surface area contributed by atoms with Crippen LogP contribution in [0.3, 0.4) is 0 Å². The van der Waals surface area contributed by atoms with E-state index in [0.29, 0.717) is 48.7 Å². The van der Waals surface area contributed by atoms with E-state index in [1.165, 1.54) is 0 Å². The average Bonchev–Trinajstić information content (AvgIpc) is 2.81. The Morgan fingerprint density at radius 3 is 1.21 bits per heavy atom. The van der Waals surface area contributed by atoms with Gasteiger partial charge in [-0.25, -0.2) is 9.59 Å². The van der Waals surface area contributed by atoms with Gasteiger partial charge in [-0.1, -0.05) is 0 Å². The Morgan fingerprint density at radius 2 is 0.897 bits per heavy atom. The zero-order valence-corrected chi connectivity index (χ0v) is 23.4. The minimum Gasteiger partial charge on any atom is -0.444 e. The Kier molecular flexibility index (Phi) is 11.3. The summed E-state index contributed by atoms with van der Waals surface area (Å²) in [6, 6.07) is 13.0. The molecular weight excluding hydrogens is 502 g/mol. The van der Waals surface area contributed by atoms with E-state index in [9.17, 15) is 19.2 Å². The van der Waals surface area contributed by atoms with E-state index in [1.807, 2.05) is 0 Å². The maximum Gasteiger partial charge on any atom is 0.412 e. The molecule has 11 heteroatoms. The third kappa shape index (κ3) is 12.8. The topological polar surface area (TPSA) is 147 Å². The lowest BCUT2D eigenvalue weighted by atomic mass is 10.2. The van der Waals surface area contributed by atoms with Crippen LogP contribution in [0.2, 0.25) is 0 Å². The highest BCUT2D eigenvalue weighted by atomic mass is 16.6. The van der Waals surface area contributed by atoms with Crippen molar-refractivity contribution in [3.05, 3.63) is 59.7 Å². The fourth-order valence-corrected chi connectivity index (χ4v) is 3.11. The Bertz CT molecular complexity index is 1030. The van der Waals surface area contributed by atoms with E-state index in [0.717, 1.165) is 0 Å². The standard InChI is InChI=1S/C28H39N5O6/c1-27(2,3)38-25(36)32-21-11-7-19(8-12-21)23(34)30-17-15-29-16-18-31-24(35)20-9-13-22(14-10-20)33-26(37)39-28(4,5)6/h7-14,29H,15-18H2,1-6H3,(H,30,34)(H,31,35)(H,32,36)(H,33,37). The first-order valence-corrected chi connectivity index (χ1v) is 12.7. The highest BCUT2D eigenvalue weighted by Crippen LogP contribution is 2.14. The lowest BCUT2D eigenvalue weighted by Crippen LogP contribution is -2.36. The number of nitrogens with one attached hydrogen (secondary N) is 5. The van der Waals surface area contributed by atoms with Gasteiger partial charge in [-0.2, -0.15) is 0 Å². The van der Waals surface area contributed by atoms with Gasteiger partial charge in [0.05, 0.1) is 0 Å². The molecule has 0 saturated carbocycles. The van der Waals surface area contributed by atoms with Gasteiger partial charge in [-0.3, -0.25) is 20.2 Å². The molecule has 2 rings (SSSR count). The predicted octanol–water partition coefficient (Wildman–Crippen LogP) is 4.13. The molecular formula is C28H39N5O6. The van der Waals surface area contributed by atoms with Gasteiger partial charge < -0.3 is 25.4 Å². The Morgan fingerprint density at radius 1 is 0.564 bits per heavy atom. The molecule has 0 fully saturated rings. The molecule has 212 valence electrons. The van der Waals surface area contributed by atoms with Crippen LogP contribution < -0.4 is 26.6 Å². The molecule has 0 spiro atoms. The number of hydrogen-bond acceptors (Lipinski definition) is 7. The first-order valence-electron chi connectivity index (χ1n) is 12.7. The highest BCUT2D eigenvalue weighted by Gasteiger charge is 2.17. The Labute approximate surface area is 229 Å². The first kappa shape index (κ1) is 31.1. The van der Waals surface area contributed by atoms with Crippen LogP contribution in [0.1, 0.15) is 62.3 Å². The molecule has 2 aromatic carbocycles. The number of anilines is 2. The monoisotopic (exact) mass is 541 g/mol. The zero-order valence-electron chi connectivity index (χ0n) is 23.4. The van der Waals surface area contributed by atoms with Gasteiger partial charge in [0.25, 0.3) is 11.8 Å². The molecule has 0 radical (unpaired) electrons. The maximum absolute atomic E-state index is 12.3. The van der Waals surface area contributed by atoms with Crippen molar-refractivity contribution in [1.82, 2.24) is 16.0 Å². The van der Waals surface area contributed by atoms with Crippen LogP contribution in [0, 0.1) is 0 Å². The van der Waals surface area contributed by atoms with E-state index in [1.54, 1.807) is 90.1 Å². The van der Waals surface area contributed by atoms with Gasteiger partial charge in [-0.15, -0.1) is 0 Å². The van der Waals surface area contributed by atoms with E-state index in [-0.39, 0.29) is 11.8 Å². The summed E-state index contributed by atoms with van der Waals surface area (Å²) in [5, 5.41) is 14.0. The van der Waals surface area contributed by atoms with Crippen molar-refractivity contribution in [2.24, 2.45) is 0 Å². The molecule has 4 amide bonds. The van der Waals surface area contributed by atoms with Crippen LogP contribution in [0.4, 0.5) is 21.0 Å². The van der Waals surface area contributed by atoms with Crippen molar-refractivity contribution in [2.75, 3.05) is 36.8 Å². The van der Waals surface area contributed by atoms with Gasteiger partial charge in [0.1, 0.15) is 11.2 Å². The number of amides is 4. The Hall–Kier alpha value is -4.12. The zero-order chi connectivity index (χ0) is 29.1. The lowest BCUT2D eigenvalue weighted by Gasteiger charge is -2.19. The molecule has 0 saturated heterocycles. The summed E-state index contributed by atoms with van der Waals surface area (Å²) in [5.41, 5.74) is 0.781. The van der Waals surface area contributed by atoms with Crippen LogP contribution in [0.5, 0.6) is 0 Å². The van der Waals surface area contributed by atoms with Crippen LogP contribution in [0.25, 0.3) is 0 Å². The van der Waals surface area contributed by atoms with Crippen LogP contribution >= 0.6 is 0 Å². The molecule has 39 heavy (non-hydrogen) atoms. The summed E-state index contributed by atoms with van der Waals surface area (Å²) in [6.07, 6.45) is -1.13. The second-order valence-electron chi connectivity index (χ2n) is 10.7. The SMILES string of the molecule is CC(C)(C)OC(=O)Nc1ccc(C(=O)NCCNCCNC(=O)c2ccc(NC(=O)OC(C)(C)C)cc2)cc1. The fraction of sp³-hybridized carbons (Fsp3) is 0.429. The summed E-state index contributed by atoms with van der Waals surface area (Å²) < 4.78 is 10.4. The van der Waals surface area contributed by atoms with Crippen molar-refractivity contribution in [1.29, 1.82) is 0 Å². The van der Waals surface area contributed by atoms with E-state index in [2.05, 4.69) is 26.6 Å². The second kappa shape index (κ2) is 14.1. The molecule has 0 heterocycles. The summed E-state index contributed by atoms with van der Waals surface area (Å²) in [6.45, 7) is 12.5. The fourth-order valence-electron chi connectivity index (χ4n) is 3.11. The lowest BCUT2D eigenvalue weighted by molar-refractivity contribution is 0.0624. The second-order valence-corrected chi connectivity index (χ2v) is 10.7. The van der Waals surface area contributed by atoms with Gasteiger partial charge in [0.2, 0.25) is 0 Å². The van der Waals surface area contributed by atoms with Crippen LogP contribution in [0.15, 0.2) is 48.5 Å². The van der Waals surface area contributed by atoms with Gasteiger partial charge >= 0.3 is 12.2 Å². The summed E-state index contributed by atoms with van der Waals surface area (Å²) in [4.78, 5) is 48.3. The molecule has 0 bridgehead atoms. The maximum atomic E-state index is 12.3. The van der Waals surface area contributed by atoms with Crippen molar-refractivity contribution >= 4 is 35.4 Å². The van der Waals surface area contributed by atoms with Crippen LogP contribution in [-0.2, 0) is 9.47 Å². The van der Waals surface area contributed by atoms with E-state index in [4.69, 9.17) is 9.47 Å². The number of rotatable bonds is 10. The largest absolute Gasteiger partial charge is 0.444 e. The van der Waals surface area contributed by atoms with E-state index >= 15 is 0 Å². The minimum atomic E-state index is -0.598.